The van der Waals surface area contributed by atoms with Gasteiger partial charge in [0.1, 0.15) is 12.2 Å². The number of amides is 2. The number of phenolic OH excluding ortho intramolecular Hbond substituents is 1. The van der Waals surface area contributed by atoms with E-state index in [0.29, 0.717) is 30.2 Å². The summed E-state index contributed by atoms with van der Waals surface area (Å²) in [5.41, 5.74) is 3.31. The number of nitrogens with one attached hydrogen (secondary N) is 2. The maximum Gasteiger partial charge on any atom is 0.249 e. The standard InChI is InChI=1S/C16H11Br2Cl2N3O3/c17-10-3-8(4-11(18)16(10)26)7-21-23-15(25)6-14(24)22-9-1-2-12(19)13(20)5-9/h1-5,7,26H,6H2,(H,22,24)(H,23,25). The summed E-state index contributed by atoms with van der Waals surface area (Å²) < 4.78 is 0.946. The normalized spacial score (nSPS) is 10.8. The molecular formula is C16H11Br2Cl2N3O3. The maximum atomic E-state index is 11.8. The molecule has 0 aliphatic rings. The third kappa shape index (κ3) is 5.98. The lowest BCUT2D eigenvalue weighted by Crippen LogP contribution is -2.24. The molecule has 2 rings (SSSR count). The molecule has 0 unspecified atom stereocenters. The van der Waals surface area contributed by atoms with Crippen molar-refractivity contribution in [2.75, 3.05) is 5.32 Å². The van der Waals surface area contributed by atoms with Crippen LogP contribution in [0.15, 0.2) is 44.4 Å². The highest BCUT2D eigenvalue weighted by Crippen LogP contribution is 2.32. The van der Waals surface area contributed by atoms with E-state index in [0.717, 1.165) is 0 Å². The molecule has 0 aliphatic carbocycles. The van der Waals surface area contributed by atoms with E-state index in [1.54, 1.807) is 18.2 Å². The highest BCUT2D eigenvalue weighted by molar-refractivity contribution is 9.11. The minimum absolute atomic E-state index is 0.0603. The summed E-state index contributed by atoms with van der Waals surface area (Å²) in [5.74, 6) is -1.05. The molecule has 3 N–H and O–H groups in total. The maximum absolute atomic E-state index is 11.8. The second kappa shape index (κ2) is 9.36. The molecule has 0 fully saturated rings. The SMILES string of the molecule is O=C(CC(=O)Nc1ccc(Cl)c(Cl)c1)NN=Cc1cc(Br)c(O)c(Br)c1. The van der Waals surface area contributed by atoms with E-state index < -0.39 is 18.2 Å². The van der Waals surface area contributed by atoms with Crippen molar-refractivity contribution in [1.82, 2.24) is 5.43 Å². The first-order chi connectivity index (χ1) is 12.3. The number of carbonyl (C=O) groups excluding carboxylic acids is 2. The van der Waals surface area contributed by atoms with E-state index in [2.05, 4.69) is 47.7 Å². The van der Waals surface area contributed by atoms with Crippen LogP contribution in [0.1, 0.15) is 12.0 Å². The van der Waals surface area contributed by atoms with Crippen LogP contribution in [0, 0.1) is 0 Å². The number of anilines is 1. The van der Waals surface area contributed by atoms with Gasteiger partial charge in [-0.2, -0.15) is 5.10 Å². The van der Waals surface area contributed by atoms with Gasteiger partial charge in [0.25, 0.3) is 0 Å². The smallest absolute Gasteiger partial charge is 0.249 e. The molecule has 6 nitrogen and oxygen atoms in total. The van der Waals surface area contributed by atoms with Crippen LogP contribution in [-0.2, 0) is 9.59 Å². The number of hydrazone groups is 1. The Morgan fingerprint density at radius 1 is 1.08 bits per heavy atom. The number of nitrogens with zero attached hydrogens (tertiary/aromatic N) is 1. The minimum Gasteiger partial charge on any atom is -0.506 e. The van der Waals surface area contributed by atoms with Crippen molar-refractivity contribution >= 4 is 78.8 Å². The van der Waals surface area contributed by atoms with Crippen LogP contribution in [0.2, 0.25) is 10.0 Å². The second-order valence-corrected chi connectivity index (χ2v) is 7.50. The van der Waals surface area contributed by atoms with Gasteiger partial charge in [-0.15, -0.1) is 0 Å². The molecule has 0 aliphatic heterocycles. The monoisotopic (exact) mass is 521 g/mol. The molecule has 2 aromatic carbocycles. The van der Waals surface area contributed by atoms with Gasteiger partial charge in [0.2, 0.25) is 11.8 Å². The Hall–Kier alpha value is -1.61. The summed E-state index contributed by atoms with van der Waals surface area (Å²) in [7, 11) is 0. The lowest BCUT2D eigenvalue weighted by molar-refractivity contribution is -0.126. The van der Waals surface area contributed by atoms with Crippen LogP contribution in [0.3, 0.4) is 0 Å². The van der Waals surface area contributed by atoms with E-state index in [1.165, 1.54) is 18.3 Å². The molecule has 0 atom stereocenters. The third-order valence-corrected chi connectivity index (χ3v) is 4.91. The van der Waals surface area contributed by atoms with Crippen molar-refractivity contribution in [3.63, 3.8) is 0 Å². The van der Waals surface area contributed by atoms with Crippen LogP contribution in [0.25, 0.3) is 0 Å². The zero-order valence-electron chi connectivity index (χ0n) is 12.9. The Morgan fingerprint density at radius 2 is 1.73 bits per heavy atom. The fraction of sp³-hybridized carbons (Fsp3) is 0.0625. The molecule has 26 heavy (non-hydrogen) atoms. The molecule has 0 bridgehead atoms. The molecular weight excluding hydrogens is 513 g/mol. The summed E-state index contributed by atoms with van der Waals surface area (Å²) in [6.45, 7) is 0. The zero-order valence-corrected chi connectivity index (χ0v) is 17.6. The number of carbonyl (C=O) groups is 2. The number of phenols is 1. The fourth-order valence-corrected chi connectivity index (χ4v) is 3.32. The van der Waals surface area contributed by atoms with Gasteiger partial charge >= 0.3 is 0 Å². The lowest BCUT2D eigenvalue weighted by Gasteiger charge is -2.06. The van der Waals surface area contributed by atoms with E-state index in [-0.39, 0.29) is 5.75 Å². The molecule has 0 spiro atoms. The van der Waals surface area contributed by atoms with Crippen LogP contribution >= 0.6 is 55.1 Å². The van der Waals surface area contributed by atoms with Crippen LogP contribution in [0.4, 0.5) is 5.69 Å². The fourth-order valence-electron chi connectivity index (χ4n) is 1.80. The Kier molecular flexibility index (Phi) is 7.45. The number of rotatable bonds is 5. The molecule has 10 heteroatoms. The predicted octanol–water partition coefficient (Wildman–Crippen LogP) is 4.70. The molecule has 0 radical (unpaired) electrons. The van der Waals surface area contributed by atoms with Crippen molar-refractivity contribution in [1.29, 1.82) is 0 Å². The molecule has 0 aromatic heterocycles. The average molecular weight is 524 g/mol. The highest BCUT2D eigenvalue weighted by atomic mass is 79.9. The first-order valence-corrected chi connectivity index (χ1v) is 9.35. The zero-order chi connectivity index (χ0) is 19.3. The molecule has 0 heterocycles. The van der Waals surface area contributed by atoms with Gasteiger partial charge in [-0.3, -0.25) is 9.59 Å². The van der Waals surface area contributed by atoms with Crippen LogP contribution < -0.4 is 10.7 Å². The highest BCUT2D eigenvalue weighted by Gasteiger charge is 2.10. The van der Waals surface area contributed by atoms with E-state index in [4.69, 9.17) is 23.2 Å². The predicted molar refractivity (Wildman–Crippen MR) is 109 cm³/mol. The van der Waals surface area contributed by atoms with Gasteiger partial charge in [0, 0.05) is 5.69 Å². The molecule has 2 aromatic rings. The van der Waals surface area contributed by atoms with Crippen molar-refractivity contribution in [2.45, 2.75) is 6.42 Å². The van der Waals surface area contributed by atoms with Crippen LogP contribution in [-0.4, -0.2) is 23.1 Å². The molecule has 136 valence electrons. The van der Waals surface area contributed by atoms with Gasteiger partial charge in [0.15, 0.2) is 0 Å². The molecule has 0 saturated carbocycles. The van der Waals surface area contributed by atoms with Gasteiger partial charge < -0.3 is 10.4 Å². The van der Waals surface area contributed by atoms with E-state index >= 15 is 0 Å². The summed E-state index contributed by atoms with van der Waals surface area (Å²) >= 11 is 18.0. The summed E-state index contributed by atoms with van der Waals surface area (Å²) in [4.78, 5) is 23.6. The Balaban J connectivity index is 1.88. The molecule has 2 amide bonds. The van der Waals surface area contributed by atoms with Gasteiger partial charge in [-0.05, 0) is 67.8 Å². The first kappa shape index (κ1) is 20.7. The number of halogens is 4. The summed E-state index contributed by atoms with van der Waals surface area (Å²) in [5, 5.41) is 16.6. The number of benzene rings is 2. The third-order valence-electron chi connectivity index (χ3n) is 2.97. The average Bonchev–Trinajstić information content (AvgIpc) is 2.55. The second-order valence-electron chi connectivity index (χ2n) is 4.98. The summed E-state index contributed by atoms with van der Waals surface area (Å²) in [6, 6.07) is 7.83. The number of hydrogen-bond acceptors (Lipinski definition) is 4. The largest absolute Gasteiger partial charge is 0.506 e. The lowest BCUT2D eigenvalue weighted by atomic mass is 10.2. The van der Waals surface area contributed by atoms with Gasteiger partial charge in [0.05, 0.1) is 25.2 Å². The van der Waals surface area contributed by atoms with Crippen molar-refractivity contribution in [3.05, 3.63) is 54.9 Å². The van der Waals surface area contributed by atoms with E-state index in [1.807, 2.05) is 0 Å². The Labute approximate surface area is 175 Å². The number of aromatic hydroxyl groups is 1. The molecule has 0 saturated heterocycles. The number of hydrogen-bond donors (Lipinski definition) is 3. The minimum atomic E-state index is -0.587. The first-order valence-electron chi connectivity index (χ1n) is 7.01. The van der Waals surface area contributed by atoms with Crippen LogP contribution in [0.5, 0.6) is 5.75 Å². The van der Waals surface area contributed by atoms with Crippen molar-refractivity contribution in [2.24, 2.45) is 5.10 Å². The summed E-state index contributed by atoms with van der Waals surface area (Å²) in [6.07, 6.45) is 0.963. The Bertz CT molecular complexity index is 868. The Morgan fingerprint density at radius 3 is 2.35 bits per heavy atom. The quantitative estimate of drug-likeness (QED) is 0.301. The van der Waals surface area contributed by atoms with Crippen molar-refractivity contribution < 1.29 is 14.7 Å². The van der Waals surface area contributed by atoms with Crippen molar-refractivity contribution in [3.8, 4) is 5.75 Å². The van der Waals surface area contributed by atoms with E-state index in [9.17, 15) is 14.7 Å². The van der Waals surface area contributed by atoms with Gasteiger partial charge in [-0.25, -0.2) is 5.43 Å². The van der Waals surface area contributed by atoms with Gasteiger partial charge in [-0.1, -0.05) is 23.2 Å². The topological polar surface area (TPSA) is 90.8 Å².